The van der Waals surface area contributed by atoms with Crippen LogP contribution in [-0.4, -0.2) is 53.5 Å². The Balaban J connectivity index is 1.39. The number of rotatable bonds is 6. The number of carbonyl (C=O) groups is 3. The first-order chi connectivity index (χ1) is 15.9. The van der Waals surface area contributed by atoms with Crippen molar-refractivity contribution in [2.24, 2.45) is 5.10 Å². The van der Waals surface area contributed by atoms with Crippen LogP contribution in [0.2, 0.25) is 0 Å². The zero-order valence-electron chi connectivity index (χ0n) is 17.7. The fraction of sp³-hybridized carbons (Fsp3) is 0.273. The molecule has 2 heterocycles. The van der Waals surface area contributed by atoms with Crippen LogP contribution < -0.4 is 15.6 Å². The number of hydrazone groups is 1. The van der Waals surface area contributed by atoms with Gasteiger partial charge in [0.2, 0.25) is 0 Å². The first-order valence-corrected chi connectivity index (χ1v) is 10.5. The molecule has 1 fully saturated rings. The van der Waals surface area contributed by atoms with Crippen LogP contribution in [-0.2, 0) is 4.79 Å². The molecule has 3 amide bonds. The van der Waals surface area contributed by atoms with Crippen molar-refractivity contribution in [2.45, 2.75) is 19.3 Å². The second-order valence-electron chi connectivity index (χ2n) is 7.79. The lowest BCUT2D eigenvalue weighted by Gasteiger charge is -2.30. The smallest absolute Gasteiger partial charge is 0.306 e. The van der Waals surface area contributed by atoms with Gasteiger partial charge >= 0.3 is 11.9 Å². The average Bonchev–Trinajstić information content (AvgIpc) is 3.04. The highest BCUT2D eigenvalue weighted by molar-refractivity contribution is 6.52. The molecular formula is C22H22N6O5. The minimum absolute atomic E-state index is 0.0879. The molecule has 0 saturated carbocycles. The van der Waals surface area contributed by atoms with E-state index in [2.05, 4.69) is 20.7 Å². The van der Waals surface area contributed by atoms with Crippen molar-refractivity contribution in [2.75, 3.05) is 30.0 Å². The molecule has 2 aliphatic heterocycles. The molecule has 0 bridgehead atoms. The van der Waals surface area contributed by atoms with Crippen molar-refractivity contribution >= 4 is 41.0 Å². The maximum Gasteiger partial charge on any atom is 0.339 e. The quantitative estimate of drug-likeness (QED) is 0.300. The third kappa shape index (κ3) is 5.04. The molecule has 11 heteroatoms. The topological polar surface area (TPSA) is 137 Å². The number of ketones is 1. The number of anilines is 2. The van der Waals surface area contributed by atoms with Crippen molar-refractivity contribution in [1.82, 2.24) is 10.3 Å². The van der Waals surface area contributed by atoms with Gasteiger partial charge in [0.05, 0.1) is 29.1 Å². The Kier molecular flexibility index (Phi) is 6.41. The van der Waals surface area contributed by atoms with Gasteiger partial charge in [0.1, 0.15) is 0 Å². The van der Waals surface area contributed by atoms with Gasteiger partial charge in [-0.25, -0.2) is 10.2 Å². The molecule has 0 aliphatic carbocycles. The van der Waals surface area contributed by atoms with E-state index in [1.165, 1.54) is 41.8 Å². The molecule has 2 aromatic carbocycles. The number of hydrogen-bond donors (Lipinski definition) is 2. The number of fused-ring (bicyclic) bond motifs is 1. The molecule has 0 unspecified atom stereocenters. The molecule has 1 saturated heterocycles. The molecule has 2 N–H and O–H groups in total. The number of hydrogen-bond acceptors (Lipinski definition) is 7. The van der Waals surface area contributed by atoms with E-state index in [1.54, 1.807) is 18.2 Å². The molecule has 2 aliphatic rings. The Morgan fingerprint density at radius 3 is 2.67 bits per heavy atom. The predicted molar refractivity (Wildman–Crippen MR) is 121 cm³/mol. The fourth-order valence-corrected chi connectivity index (χ4v) is 3.86. The summed E-state index contributed by atoms with van der Waals surface area (Å²) >= 11 is 0. The summed E-state index contributed by atoms with van der Waals surface area (Å²) < 4.78 is 0. The summed E-state index contributed by atoms with van der Waals surface area (Å²) in [6.07, 6.45) is 4.59. The number of urea groups is 1. The third-order valence-corrected chi connectivity index (χ3v) is 5.48. The van der Waals surface area contributed by atoms with Crippen LogP contribution in [0.5, 0.6) is 0 Å². The van der Waals surface area contributed by atoms with Crippen molar-refractivity contribution in [1.29, 1.82) is 0 Å². The van der Waals surface area contributed by atoms with Gasteiger partial charge in [0.15, 0.2) is 0 Å². The number of carbonyl (C=O) groups excluding carboxylic acids is 3. The van der Waals surface area contributed by atoms with Crippen molar-refractivity contribution in [3.63, 3.8) is 0 Å². The highest BCUT2D eigenvalue weighted by Crippen LogP contribution is 2.31. The van der Waals surface area contributed by atoms with Crippen LogP contribution in [0.15, 0.2) is 47.6 Å². The molecule has 2 aromatic rings. The summed E-state index contributed by atoms with van der Waals surface area (Å²) in [5.74, 6) is -1.17. The van der Waals surface area contributed by atoms with Gasteiger partial charge in [-0.2, -0.15) is 5.10 Å². The van der Waals surface area contributed by atoms with Crippen LogP contribution in [0, 0.1) is 10.1 Å². The monoisotopic (exact) mass is 450 g/mol. The second kappa shape index (κ2) is 9.57. The lowest BCUT2D eigenvalue weighted by molar-refractivity contribution is -0.384. The normalized spacial score (nSPS) is 16.2. The molecule has 0 radical (unpaired) electrons. The van der Waals surface area contributed by atoms with Crippen LogP contribution in [0.4, 0.5) is 21.9 Å². The zero-order chi connectivity index (χ0) is 23.4. The number of nitro groups is 1. The largest absolute Gasteiger partial charge is 0.339 e. The SMILES string of the molecule is O=C(N/N=C/c1cccc([N+](=O)[O-])c1)Nc1ccc2c(c1)C(=O)C(=O)N2CN1CCCCC1. The molecule has 0 atom stereocenters. The lowest BCUT2D eigenvalue weighted by Crippen LogP contribution is -2.43. The van der Waals surface area contributed by atoms with Crippen LogP contribution in [0.25, 0.3) is 0 Å². The van der Waals surface area contributed by atoms with E-state index >= 15 is 0 Å². The van der Waals surface area contributed by atoms with E-state index in [9.17, 15) is 24.5 Å². The van der Waals surface area contributed by atoms with Gasteiger partial charge in [-0.1, -0.05) is 18.6 Å². The van der Waals surface area contributed by atoms with Crippen molar-refractivity contribution in [3.8, 4) is 0 Å². The highest BCUT2D eigenvalue weighted by atomic mass is 16.6. The molecule has 170 valence electrons. The Morgan fingerprint density at radius 2 is 1.91 bits per heavy atom. The summed E-state index contributed by atoms with van der Waals surface area (Å²) in [7, 11) is 0. The summed E-state index contributed by atoms with van der Waals surface area (Å²) in [5.41, 5.74) is 3.73. The molecule has 11 nitrogen and oxygen atoms in total. The maximum absolute atomic E-state index is 12.5. The molecule has 4 rings (SSSR count). The van der Waals surface area contributed by atoms with Gasteiger partial charge in [-0.05, 0) is 44.1 Å². The van der Waals surface area contributed by atoms with E-state index in [0.29, 0.717) is 23.6 Å². The number of amides is 3. The van der Waals surface area contributed by atoms with Gasteiger partial charge in [-0.15, -0.1) is 0 Å². The maximum atomic E-state index is 12.5. The average molecular weight is 450 g/mol. The third-order valence-electron chi connectivity index (χ3n) is 5.48. The van der Waals surface area contributed by atoms with Crippen LogP contribution >= 0.6 is 0 Å². The number of likely N-dealkylation sites (tertiary alicyclic amines) is 1. The number of Topliss-reactive ketones (excluding diaryl/α,β-unsaturated/α-hetero) is 1. The number of piperidine rings is 1. The zero-order valence-corrected chi connectivity index (χ0v) is 17.7. The molecule has 33 heavy (non-hydrogen) atoms. The summed E-state index contributed by atoms with van der Waals surface area (Å²) in [5, 5.41) is 17.1. The predicted octanol–water partition coefficient (Wildman–Crippen LogP) is 2.72. The molecule has 0 spiro atoms. The minimum Gasteiger partial charge on any atom is -0.306 e. The standard InChI is InChI=1S/C22H22N6O5/c29-20-18-12-16(7-8-19(18)27(21(20)30)14-26-9-2-1-3-10-26)24-22(31)25-23-13-15-5-4-6-17(11-15)28(32)33/h4-8,11-13H,1-3,9-10,14H2,(H2,24,25,31)/b23-13+. The minimum atomic E-state index is -0.668. The number of benzene rings is 2. The Labute approximate surface area is 189 Å². The molecular weight excluding hydrogens is 428 g/mol. The number of nitrogens with zero attached hydrogens (tertiary/aromatic N) is 4. The first-order valence-electron chi connectivity index (χ1n) is 10.5. The van der Waals surface area contributed by atoms with E-state index in [-0.39, 0.29) is 11.3 Å². The van der Waals surface area contributed by atoms with Gasteiger partial charge in [0, 0.05) is 23.4 Å². The number of nitrogens with one attached hydrogen (secondary N) is 2. The van der Waals surface area contributed by atoms with E-state index < -0.39 is 22.6 Å². The van der Waals surface area contributed by atoms with Crippen molar-refractivity contribution < 1.29 is 19.3 Å². The Morgan fingerprint density at radius 1 is 1.12 bits per heavy atom. The summed E-state index contributed by atoms with van der Waals surface area (Å²) in [6.45, 7) is 2.16. The summed E-state index contributed by atoms with van der Waals surface area (Å²) in [6, 6.07) is 9.84. The number of nitro benzene ring substituents is 1. The van der Waals surface area contributed by atoms with Gasteiger partial charge in [0.25, 0.3) is 11.5 Å². The van der Waals surface area contributed by atoms with Gasteiger partial charge in [-0.3, -0.25) is 29.5 Å². The summed E-state index contributed by atoms with van der Waals surface area (Å²) in [4.78, 5) is 51.0. The highest BCUT2D eigenvalue weighted by Gasteiger charge is 2.37. The van der Waals surface area contributed by atoms with Gasteiger partial charge < -0.3 is 5.32 Å². The number of non-ortho nitro benzene ring substituents is 1. The van der Waals surface area contributed by atoms with Crippen LogP contribution in [0.3, 0.4) is 0 Å². The van der Waals surface area contributed by atoms with E-state index in [4.69, 9.17) is 0 Å². The molecule has 0 aromatic heterocycles. The Bertz CT molecular complexity index is 1140. The van der Waals surface area contributed by atoms with E-state index in [0.717, 1.165) is 25.9 Å². The second-order valence-corrected chi connectivity index (χ2v) is 7.79. The van der Waals surface area contributed by atoms with Crippen LogP contribution in [0.1, 0.15) is 35.2 Å². The first kappa shape index (κ1) is 22.1. The Hall–Kier alpha value is -4.12. The lowest BCUT2D eigenvalue weighted by atomic mass is 10.1. The van der Waals surface area contributed by atoms with E-state index in [1.807, 2.05) is 0 Å². The van der Waals surface area contributed by atoms with Crippen molar-refractivity contribution in [3.05, 3.63) is 63.7 Å². The fourth-order valence-electron chi connectivity index (χ4n) is 3.86.